The summed E-state index contributed by atoms with van der Waals surface area (Å²) in [6, 6.07) is 76.7. The lowest BCUT2D eigenvalue weighted by Crippen LogP contribution is -2.34. The summed E-state index contributed by atoms with van der Waals surface area (Å²) in [5.41, 5.74) is 21.8. The van der Waals surface area contributed by atoms with E-state index in [2.05, 4.69) is 260 Å². The Morgan fingerprint density at radius 2 is 0.814 bits per heavy atom. The third kappa shape index (κ3) is 6.86. The Balaban J connectivity index is 1.19. The first-order chi connectivity index (χ1) is 33.7. The second-order valence-electron chi connectivity index (χ2n) is 23.4. The summed E-state index contributed by atoms with van der Waals surface area (Å²) in [4.78, 5) is 2.61. The first-order valence-electron chi connectivity index (χ1n) is 25.8. The fourth-order valence-electron chi connectivity index (χ4n) is 13.1. The van der Waals surface area contributed by atoms with E-state index in [1.165, 1.54) is 113 Å². The Kier molecular flexibility index (Phi) is 10.1. The fraction of sp³-hybridized carbons (Fsp3) is 0.246. The Morgan fingerprint density at radius 1 is 0.314 bits per heavy atom. The van der Waals surface area contributed by atoms with E-state index >= 15 is 0 Å². The van der Waals surface area contributed by atoms with Gasteiger partial charge in [0.1, 0.15) is 0 Å². The minimum Gasteiger partial charge on any atom is -0.310 e. The van der Waals surface area contributed by atoms with Gasteiger partial charge in [0.15, 0.2) is 0 Å². The molecule has 3 aliphatic carbocycles. The Hall–Kier alpha value is -6.96. The number of fused-ring (bicyclic) bond motifs is 6. The molecule has 3 aliphatic rings. The second-order valence-corrected chi connectivity index (χ2v) is 23.4. The predicted molar refractivity (Wildman–Crippen MR) is 297 cm³/mol. The zero-order valence-corrected chi connectivity index (χ0v) is 42.3. The highest BCUT2D eigenvalue weighted by atomic mass is 15.1. The molecule has 0 heterocycles. The lowest BCUT2D eigenvalue weighted by molar-refractivity contribution is 0.332. The number of hydrogen-bond donors (Lipinski definition) is 0. The zero-order valence-electron chi connectivity index (χ0n) is 42.3. The van der Waals surface area contributed by atoms with Gasteiger partial charge in [-0.3, -0.25) is 0 Å². The van der Waals surface area contributed by atoms with Crippen LogP contribution in [0.25, 0.3) is 44.2 Å². The molecule has 0 bridgehead atoms. The molecular formula is C69H65N. The summed E-state index contributed by atoms with van der Waals surface area (Å²) in [6.07, 6.45) is 4.67. The average molecular weight is 908 g/mol. The van der Waals surface area contributed by atoms with E-state index in [0.29, 0.717) is 0 Å². The Labute approximate surface area is 416 Å². The van der Waals surface area contributed by atoms with Crippen LogP contribution in [0.5, 0.6) is 0 Å². The van der Waals surface area contributed by atoms with Crippen molar-refractivity contribution >= 4 is 27.8 Å². The fourth-order valence-corrected chi connectivity index (χ4v) is 13.1. The normalized spacial score (nSPS) is 17.5. The van der Waals surface area contributed by atoms with E-state index in [9.17, 15) is 0 Å². The van der Waals surface area contributed by atoms with Crippen LogP contribution in [0.4, 0.5) is 17.1 Å². The molecule has 0 saturated heterocycles. The molecule has 0 fully saturated rings. The minimum atomic E-state index is -0.560. The van der Waals surface area contributed by atoms with Crippen LogP contribution in [0.1, 0.15) is 126 Å². The van der Waals surface area contributed by atoms with Crippen molar-refractivity contribution in [1.82, 2.24) is 0 Å². The molecule has 0 radical (unpaired) electrons. The summed E-state index contributed by atoms with van der Waals surface area (Å²) in [5.74, 6) is 0. The average Bonchev–Trinajstić information content (AvgIpc) is 3.67. The van der Waals surface area contributed by atoms with E-state index in [1.54, 1.807) is 0 Å². The maximum atomic E-state index is 2.61. The van der Waals surface area contributed by atoms with Crippen molar-refractivity contribution in [1.29, 1.82) is 0 Å². The van der Waals surface area contributed by atoms with E-state index in [-0.39, 0.29) is 21.7 Å². The van der Waals surface area contributed by atoms with Crippen LogP contribution in [-0.2, 0) is 27.1 Å². The molecule has 1 nitrogen and oxygen atoms in total. The molecule has 9 aromatic carbocycles. The molecule has 0 unspecified atom stereocenters. The molecule has 0 aliphatic heterocycles. The molecule has 12 rings (SSSR count). The van der Waals surface area contributed by atoms with Gasteiger partial charge in [-0.25, -0.2) is 0 Å². The first kappa shape index (κ1) is 44.3. The zero-order chi connectivity index (χ0) is 48.2. The van der Waals surface area contributed by atoms with Gasteiger partial charge in [-0.15, -0.1) is 0 Å². The van der Waals surface area contributed by atoms with Gasteiger partial charge in [0.2, 0.25) is 0 Å². The highest BCUT2D eigenvalue weighted by Gasteiger charge is 2.47. The molecule has 70 heavy (non-hydrogen) atoms. The molecular weight excluding hydrogens is 843 g/mol. The van der Waals surface area contributed by atoms with Crippen molar-refractivity contribution in [3.8, 4) is 33.4 Å². The van der Waals surface area contributed by atoms with Crippen LogP contribution in [0.2, 0.25) is 0 Å². The topological polar surface area (TPSA) is 3.24 Å². The van der Waals surface area contributed by atoms with Gasteiger partial charge >= 0.3 is 0 Å². The lowest BCUT2D eigenvalue weighted by atomic mass is 9.63. The van der Waals surface area contributed by atoms with Crippen LogP contribution in [0, 0.1) is 0 Å². The lowest BCUT2D eigenvalue weighted by Gasteiger charge is -2.43. The third-order valence-electron chi connectivity index (χ3n) is 17.3. The standard InChI is InChI=1S/C69H65N/c1-65(2)38-40-67(5,6)62-42-48(32-36-59(62)65)56-44-57-55-27-17-18-29-58(55)69(49-22-11-9-12-23-49,50-24-13-10-14-25-50)61(57)45-64(56)70(52-35-37-60-63(43-52)68(7,8)41-39-66(60,3)4)51-33-30-47(31-34-51)54-28-19-21-46-20-15-16-26-53(46)54/h9-37,42-45H,38-41H2,1-8H3. The summed E-state index contributed by atoms with van der Waals surface area (Å²) in [6.45, 7) is 19.6. The second kappa shape index (κ2) is 16.0. The van der Waals surface area contributed by atoms with E-state index in [4.69, 9.17) is 0 Å². The summed E-state index contributed by atoms with van der Waals surface area (Å²) >= 11 is 0. The molecule has 0 spiro atoms. The van der Waals surface area contributed by atoms with Gasteiger partial charge in [-0.1, -0.05) is 219 Å². The van der Waals surface area contributed by atoms with Crippen molar-refractivity contribution in [3.05, 3.63) is 245 Å². The van der Waals surface area contributed by atoms with Gasteiger partial charge < -0.3 is 4.90 Å². The van der Waals surface area contributed by atoms with Crippen molar-refractivity contribution < 1.29 is 0 Å². The number of nitrogens with zero attached hydrogens (tertiary/aromatic N) is 1. The maximum Gasteiger partial charge on any atom is 0.0714 e. The SMILES string of the molecule is CC1(C)CCC(C)(C)c2cc(-c3cc4c(cc3N(c3ccc(-c5cccc6ccccc56)cc3)c3ccc5c(c3)C(C)(C)CCC5(C)C)C(c3ccccc3)(c3ccccc3)c3ccccc3-4)ccc21. The summed E-state index contributed by atoms with van der Waals surface area (Å²) < 4.78 is 0. The molecule has 0 amide bonds. The highest BCUT2D eigenvalue weighted by Crippen LogP contribution is 2.60. The van der Waals surface area contributed by atoms with Gasteiger partial charge in [-0.05, 0) is 167 Å². The Morgan fingerprint density at radius 3 is 1.47 bits per heavy atom. The third-order valence-corrected chi connectivity index (χ3v) is 17.3. The first-order valence-corrected chi connectivity index (χ1v) is 25.8. The van der Waals surface area contributed by atoms with Gasteiger partial charge in [0, 0.05) is 16.9 Å². The van der Waals surface area contributed by atoms with E-state index in [0.717, 1.165) is 18.5 Å². The maximum absolute atomic E-state index is 2.61. The van der Waals surface area contributed by atoms with Crippen LogP contribution in [-0.4, -0.2) is 0 Å². The van der Waals surface area contributed by atoms with Gasteiger partial charge in [-0.2, -0.15) is 0 Å². The smallest absolute Gasteiger partial charge is 0.0714 e. The van der Waals surface area contributed by atoms with Gasteiger partial charge in [0.25, 0.3) is 0 Å². The van der Waals surface area contributed by atoms with Crippen molar-refractivity contribution in [2.24, 2.45) is 0 Å². The van der Waals surface area contributed by atoms with Crippen LogP contribution in [0.15, 0.2) is 200 Å². The number of rotatable bonds is 7. The molecule has 9 aromatic rings. The summed E-state index contributed by atoms with van der Waals surface area (Å²) in [7, 11) is 0. The molecule has 0 atom stereocenters. The number of hydrogen-bond acceptors (Lipinski definition) is 1. The van der Waals surface area contributed by atoms with Crippen LogP contribution in [0.3, 0.4) is 0 Å². The Bertz CT molecular complexity index is 3430. The predicted octanol–water partition coefficient (Wildman–Crippen LogP) is 18.7. The molecule has 0 saturated carbocycles. The largest absolute Gasteiger partial charge is 0.310 e. The van der Waals surface area contributed by atoms with Crippen molar-refractivity contribution in [2.75, 3.05) is 4.90 Å². The summed E-state index contributed by atoms with van der Waals surface area (Å²) in [5, 5.41) is 2.53. The van der Waals surface area contributed by atoms with Crippen LogP contribution < -0.4 is 4.90 Å². The molecule has 346 valence electrons. The highest BCUT2D eigenvalue weighted by molar-refractivity contribution is 5.99. The monoisotopic (exact) mass is 908 g/mol. The molecule has 0 aromatic heterocycles. The number of benzene rings is 9. The molecule has 1 heteroatoms. The van der Waals surface area contributed by atoms with Crippen molar-refractivity contribution in [2.45, 2.75) is 108 Å². The minimum absolute atomic E-state index is 0.0276. The van der Waals surface area contributed by atoms with Gasteiger partial charge in [0.05, 0.1) is 11.1 Å². The van der Waals surface area contributed by atoms with Crippen LogP contribution >= 0.6 is 0 Å². The van der Waals surface area contributed by atoms with Crippen molar-refractivity contribution in [3.63, 3.8) is 0 Å². The van der Waals surface area contributed by atoms with E-state index in [1.807, 2.05) is 0 Å². The molecule has 0 N–H and O–H groups in total. The van der Waals surface area contributed by atoms with E-state index < -0.39 is 5.41 Å². The quantitative estimate of drug-likeness (QED) is 0.154. The number of anilines is 3.